The molecule has 33 heavy (non-hydrogen) atoms. The quantitative estimate of drug-likeness (QED) is 0.719. The summed E-state index contributed by atoms with van der Waals surface area (Å²) in [6.07, 6.45) is 4.90. The van der Waals surface area contributed by atoms with Crippen LogP contribution in [0.15, 0.2) is 29.2 Å². The zero-order valence-electron chi connectivity index (χ0n) is 18.6. The molecular formula is C24H27F2N3O4. The smallest absolute Gasteiger partial charge is 0.275 e. The van der Waals surface area contributed by atoms with Gasteiger partial charge in [0.2, 0.25) is 5.43 Å². The zero-order valence-corrected chi connectivity index (χ0v) is 18.6. The molecule has 1 aromatic heterocycles. The number of aromatic hydroxyl groups is 1. The molecule has 3 heterocycles. The highest BCUT2D eigenvalue weighted by Crippen LogP contribution is 2.36. The summed E-state index contributed by atoms with van der Waals surface area (Å²) >= 11 is 0. The van der Waals surface area contributed by atoms with Gasteiger partial charge in [0, 0.05) is 37.0 Å². The zero-order chi connectivity index (χ0) is 23.9. The van der Waals surface area contributed by atoms with Crippen LogP contribution in [0.5, 0.6) is 5.75 Å². The third-order valence-corrected chi connectivity index (χ3v) is 6.76. The van der Waals surface area contributed by atoms with Crippen LogP contribution in [-0.2, 0) is 13.1 Å². The third kappa shape index (κ3) is 4.12. The van der Waals surface area contributed by atoms with Crippen molar-refractivity contribution >= 4 is 11.8 Å². The van der Waals surface area contributed by atoms with Crippen molar-refractivity contribution in [1.82, 2.24) is 14.8 Å². The number of hydrogen-bond acceptors (Lipinski definition) is 4. The first-order valence-corrected chi connectivity index (χ1v) is 11.2. The van der Waals surface area contributed by atoms with Gasteiger partial charge in [-0.05, 0) is 31.2 Å². The maximum atomic E-state index is 13.9. The number of pyridine rings is 1. The fourth-order valence-electron chi connectivity index (χ4n) is 4.97. The third-order valence-electron chi connectivity index (χ3n) is 6.76. The Labute approximate surface area is 190 Å². The van der Waals surface area contributed by atoms with Crippen molar-refractivity contribution in [2.45, 2.75) is 64.7 Å². The summed E-state index contributed by atoms with van der Waals surface area (Å²) in [4.78, 5) is 40.6. The molecule has 9 heteroatoms. The number of halogens is 2. The SMILES string of the molecule is CCCC1CCC(C)C2Cn3cc(C(=O)NCc4ccc(F)cc4F)c(=O)c(O)c3C(=O)N12. The predicted octanol–water partition coefficient (Wildman–Crippen LogP) is 3.19. The lowest BCUT2D eigenvalue weighted by Gasteiger charge is -2.49. The van der Waals surface area contributed by atoms with Crippen LogP contribution in [0.25, 0.3) is 0 Å². The molecular weight excluding hydrogens is 432 g/mol. The second-order valence-corrected chi connectivity index (χ2v) is 8.92. The number of carbonyl (C=O) groups excluding carboxylic acids is 2. The number of fused-ring (bicyclic) bond motifs is 2. The van der Waals surface area contributed by atoms with E-state index in [1.807, 2.05) is 4.90 Å². The Morgan fingerprint density at radius 1 is 1.24 bits per heavy atom. The summed E-state index contributed by atoms with van der Waals surface area (Å²) in [5.41, 5.74) is -1.35. The molecule has 2 N–H and O–H groups in total. The van der Waals surface area contributed by atoms with E-state index in [1.165, 1.54) is 16.8 Å². The predicted molar refractivity (Wildman–Crippen MR) is 117 cm³/mol. The van der Waals surface area contributed by atoms with Gasteiger partial charge in [0.25, 0.3) is 11.8 Å². The number of hydrogen-bond donors (Lipinski definition) is 2. The van der Waals surface area contributed by atoms with Crippen molar-refractivity contribution in [3.05, 3.63) is 63.1 Å². The Bertz CT molecular complexity index is 1160. The van der Waals surface area contributed by atoms with E-state index in [9.17, 15) is 28.3 Å². The van der Waals surface area contributed by atoms with E-state index in [0.29, 0.717) is 12.6 Å². The van der Waals surface area contributed by atoms with Gasteiger partial charge in [-0.3, -0.25) is 14.4 Å². The Morgan fingerprint density at radius 3 is 2.70 bits per heavy atom. The van der Waals surface area contributed by atoms with Crippen molar-refractivity contribution < 1.29 is 23.5 Å². The number of benzene rings is 1. The molecule has 0 bridgehead atoms. The van der Waals surface area contributed by atoms with Crippen LogP contribution in [0, 0.1) is 17.6 Å². The highest BCUT2D eigenvalue weighted by molar-refractivity contribution is 5.99. The second kappa shape index (κ2) is 8.96. The maximum Gasteiger partial charge on any atom is 0.275 e. The Hall–Kier alpha value is -3.23. The molecule has 3 unspecified atom stereocenters. The van der Waals surface area contributed by atoms with Gasteiger partial charge in [-0.2, -0.15) is 0 Å². The van der Waals surface area contributed by atoms with Gasteiger partial charge < -0.3 is 19.9 Å². The van der Waals surface area contributed by atoms with E-state index in [0.717, 1.165) is 31.7 Å². The van der Waals surface area contributed by atoms with Gasteiger partial charge in [0.05, 0.1) is 6.04 Å². The first-order valence-electron chi connectivity index (χ1n) is 11.2. The molecule has 2 aromatic rings. The van der Waals surface area contributed by atoms with Crippen molar-refractivity contribution in [1.29, 1.82) is 0 Å². The molecule has 2 amide bonds. The van der Waals surface area contributed by atoms with Crippen molar-refractivity contribution in [2.75, 3.05) is 0 Å². The van der Waals surface area contributed by atoms with E-state index in [2.05, 4.69) is 19.2 Å². The van der Waals surface area contributed by atoms with Gasteiger partial charge in [-0.1, -0.05) is 26.3 Å². The van der Waals surface area contributed by atoms with E-state index >= 15 is 0 Å². The van der Waals surface area contributed by atoms with Crippen LogP contribution in [0.3, 0.4) is 0 Å². The summed E-state index contributed by atoms with van der Waals surface area (Å²) in [5.74, 6) is -3.30. The molecule has 0 radical (unpaired) electrons. The largest absolute Gasteiger partial charge is 0.503 e. The minimum atomic E-state index is -0.956. The highest BCUT2D eigenvalue weighted by Gasteiger charge is 2.44. The number of piperidine rings is 1. The molecule has 0 aliphatic carbocycles. The van der Waals surface area contributed by atoms with Crippen LogP contribution in [0.4, 0.5) is 8.78 Å². The highest BCUT2D eigenvalue weighted by atomic mass is 19.1. The van der Waals surface area contributed by atoms with Gasteiger partial charge in [0.1, 0.15) is 17.2 Å². The van der Waals surface area contributed by atoms with E-state index < -0.39 is 34.6 Å². The molecule has 4 rings (SSSR count). The number of amides is 2. The fourth-order valence-corrected chi connectivity index (χ4v) is 4.97. The van der Waals surface area contributed by atoms with Gasteiger partial charge in [-0.15, -0.1) is 0 Å². The summed E-state index contributed by atoms with van der Waals surface area (Å²) in [5, 5.41) is 13.0. The number of nitrogens with one attached hydrogen (secondary N) is 1. The summed E-state index contributed by atoms with van der Waals surface area (Å²) < 4.78 is 28.4. The molecule has 1 aromatic carbocycles. The van der Waals surface area contributed by atoms with Crippen molar-refractivity contribution in [3.63, 3.8) is 0 Å². The summed E-state index contributed by atoms with van der Waals surface area (Å²) in [7, 11) is 0. The normalized spacial score (nSPS) is 22.0. The standard InChI is InChI=1S/C24H27F2N3O4/c1-3-4-16-8-5-13(2)19-12-28-11-17(21(30)22(31)20(28)24(33)29(16)19)23(32)27-10-14-6-7-15(25)9-18(14)26/h6-7,9,11,13,16,19,31H,3-5,8,10,12H2,1-2H3,(H,27,32). The number of carbonyl (C=O) groups is 2. The van der Waals surface area contributed by atoms with E-state index in [-0.39, 0.29) is 41.4 Å². The van der Waals surface area contributed by atoms with Crippen molar-refractivity contribution in [3.8, 4) is 5.75 Å². The lowest BCUT2D eigenvalue weighted by atomic mass is 9.83. The first-order chi connectivity index (χ1) is 15.7. The van der Waals surface area contributed by atoms with Gasteiger partial charge in [-0.25, -0.2) is 8.78 Å². The average molecular weight is 459 g/mol. The maximum absolute atomic E-state index is 13.9. The molecule has 7 nitrogen and oxygen atoms in total. The molecule has 1 saturated heterocycles. The van der Waals surface area contributed by atoms with Gasteiger partial charge >= 0.3 is 0 Å². The van der Waals surface area contributed by atoms with Gasteiger partial charge in [0.15, 0.2) is 11.4 Å². The fraction of sp³-hybridized carbons (Fsp3) is 0.458. The summed E-state index contributed by atoms with van der Waals surface area (Å²) in [6, 6.07) is 2.93. The molecule has 1 fully saturated rings. The van der Waals surface area contributed by atoms with Crippen LogP contribution in [-0.4, -0.2) is 38.5 Å². The molecule has 3 atom stereocenters. The first kappa shape index (κ1) is 22.9. The second-order valence-electron chi connectivity index (χ2n) is 8.92. The Balaban J connectivity index is 1.64. The summed E-state index contributed by atoms with van der Waals surface area (Å²) in [6.45, 7) is 4.23. The van der Waals surface area contributed by atoms with Crippen LogP contribution in [0.1, 0.15) is 65.9 Å². The van der Waals surface area contributed by atoms with E-state index in [1.54, 1.807) is 0 Å². The Kier molecular flexibility index (Phi) is 6.23. The van der Waals surface area contributed by atoms with E-state index in [4.69, 9.17) is 0 Å². The molecule has 176 valence electrons. The molecule has 0 spiro atoms. The molecule has 2 aliphatic heterocycles. The van der Waals surface area contributed by atoms with Crippen LogP contribution < -0.4 is 10.7 Å². The molecule has 2 aliphatic rings. The average Bonchev–Trinajstić information content (AvgIpc) is 2.77. The van der Waals surface area contributed by atoms with Crippen molar-refractivity contribution in [2.24, 2.45) is 5.92 Å². The van der Waals surface area contributed by atoms with Crippen LogP contribution >= 0.6 is 0 Å². The minimum Gasteiger partial charge on any atom is -0.503 e. The lowest BCUT2D eigenvalue weighted by molar-refractivity contribution is 0.0137. The number of aromatic nitrogens is 1. The lowest BCUT2D eigenvalue weighted by Crippen LogP contribution is -2.58. The number of rotatable bonds is 5. The molecule has 0 saturated carbocycles. The monoisotopic (exact) mass is 459 g/mol. The Morgan fingerprint density at radius 2 is 2.00 bits per heavy atom. The minimum absolute atomic E-state index is 0.0517. The van der Waals surface area contributed by atoms with Crippen LogP contribution in [0.2, 0.25) is 0 Å². The topological polar surface area (TPSA) is 91.6 Å². The number of nitrogens with zero attached hydrogens (tertiary/aromatic N) is 2.